The molecule has 0 saturated heterocycles. The van der Waals surface area contributed by atoms with E-state index in [1.165, 1.54) is 5.56 Å². The number of hydrogen-bond donors (Lipinski definition) is 2. The van der Waals surface area contributed by atoms with Gasteiger partial charge < -0.3 is 5.32 Å². The lowest BCUT2D eigenvalue weighted by atomic mass is 9.94. The molecule has 4 rings (SSSR count). The summed E-state index contributed by atoms with van der Waals surface area (Å²) in [5.41, 5.74) is 3.73. The third-order valence-electron chi connectivity index (χ3n) is 4.95. The number of fused-ring (bicyclic) bond motifs is 1. The lowest BCUT2D eigenvalue weighted by molar-refractivity contribution is -0.118. The number of carbonyl (C=O) groups excluding carboxylic acids is 1. The van der Waals surface area contributed by atoms with Gasteiger partial charge in [0.1, 0.15) is 5.78 Å². The van der Waals surface area contributed by atoms with Gasteiger partial charge >= 0.3 is 0 Å². The number of anilines is 1. The molecule has 0 aliphatic heterocycles. The van der Waals surface area contributed by atoms with Crippen molar-refractivity contribution in [3.05, 3.63) is 83.9 Å². The van der Waals surface area contributed by atoms with Gasteiger partial charge in [-0.3, -0.25) is 19.9 Å². The molecule has 29 heavy (non-hydrogen) atoms. The number of rotatable bonds is 8. The number of H-pyrrole nitrogens is 1. The summed E-state index contributed by atoms with van der Waals surface area (Å²) in [5, 5.41) is 11.5. The predicted octanol–water partition coefficient (Wildman–Crippen LogP) is 4.27. The Bertz CT molecular complexity index is 1090. The molecule has 3 aromatic heterocycles. The fourth-order valence-corrected chi connectivity index (χ4v) is 3.38. The van der Waals surface area contributed by atoms with Gasteiger partial charge in [-0.05, 0) is 29.7 Å². The average molecular weight is 385 g/mol. The van der Waals surface area contributed by atoms with Crippen molar-refractivity contribution in [1.82, 2.24) is 20.2 Å². The fraction of sp³-hybridized carbons (Fsp3) is 0.217. The Hall–Kier alpha value is -3.54. The van der Waals surface area contributed by atoms with Gasteiger partial charge in [-0.2, -0.15) is 5.10 Å². The highest BCUT2D eigenvalue weighted by Crippen LogP contribution is 2.22. The first-order chi connectivity index (χ1) is 14.2. The summed E-state index contributed by atoms with van der Waals surface area (Å²) in [4.78, 5) is 21.3. The molecule has 0 saturated carbocycles. The largest absolute Gasteiger partial charge is 0.362 e. The fourth-order valence-electron chi connectivity index (χ4n) is 3.38. The molecule has 0 amide bonds. The smallest absolute Gasteiger partial charge is 0.157 e. The van der Waals surface area contributed by atoms with Gasteiger partial charge in [0.25, 0.3) is 0 Å². The SMILES string of the molecule is C[C@@H](CC(=O)Cc1cc2[nH]nc(NCc3ccccn3)c2cn1)c1ccccc1. The zero-order valence-corrected chi connectivity index (χ0v) is 16.3. The number of pyridine rings is 2. The molecule has 0 aliphatic carbocycles. The maximum Gasteiger partial charge on any atom is 0.157 e. The van der Waals surface area contributed by atoms with Crippen LogP contribution in [0.1, 0.15) is 36.2 Å². The van der Waals surface area contributed by atoms with E-state index in [1.807, 2.05) is 42.5 Å². The molecule has 1 atom stereocenters. The topological polar surface area (TPSA) is 83.6 Å². The quantitative estimate of drug-likeness (QED) is 0.473. The van der Waals surface area contributed by atoms with Gasteiger partial charge in [0.2, 0.25) is 0 Å². The summed E-state index contributed by atoms with van der Waals surface area (Å²) in [7, 11) is 0. The number of aromatic nitrogens is 4. The summed E-state index contributed by atoms with van der Waals surface area (Å²) < 4.78 is 0. The number of aromatic amines is 1. The summed E-state index contributed by atoms with van der Waals surface area (Å²) in [6, 6.07) is 17.8. The molecular weight excluding hydrogens is 362 g/mol. The number of benzene rings is 1. The summed E-state index contributed by atoms with van der Waals surface area (Å²) in [6.45, 7) is 2.66. The Labute approximate surface area is 169 Å². The molecule has 0 bridgehead atoms. The van der Waals surface area contributed by atoms with Crippen LogP contribution >= 0.6 is 0 Å². The third-order valence-corrected chi connectivity index (χ3v) is 4.95. The van der Waals surface area contributed by atoms with Gasteiger partial charge in [0, 0.05) is 30.9 Å². The van der Waals surface area contributed by atoms with Crippen LogP contribution in [0.2, 0.25) is 0 Å². The molecule has 2 N–H and O–H groups in total. The zero-order valence-electron chi connectivity index (χ0n) is 16.3. The van der Waals surface area contributed by atoms with Crippen LogP contribution in [0, 0.1) is 0 Å². The molecule has 4 aromatic rings. The predicted molar refractivity (Wildman–Crippen MR) is 114 cm³/mol. The van der Waals surface area contributed by atoms with E-state index in [-0.39, 0.29) is 11.7 Å². The van der Waals surface area contributed by atoms with Crippen molar-refractivity contribution < 1.29 is 4.79 Å². The Morgan fingerprint density at radius 3 is 2.69 bits per heavy atom. The van der Waals surface area contributed by atoms with E-state index in [1.54, 1.807) is 12.4 Å². The first-order valence-corrected chi connectivity index (χ1v) is 9.72. The van der Waals surface area contributed by atoms with Crippen LogP contribution in [0.15, 0.2) is 67.0 Å². The summed E-state index contributed by atoms with van der Waals surface area (Å²) in [6.07, 6.45) is 4.36. The lowest BCUT2D eigenvalue weighted by Gasteiger charge is -2.10. The van der Waals surface area contributed by atoms with Crippen LogP contribution < -0.4 is 5.32 Å². The number of ketones is 1. The molecule has 6 nitrogen and oxygen atoms in total. The zero-order chi connectivity index (χ0) is 20.1. The van der Waals surface area contributed by atoms with Gasteiger partial charge in [0.05, 0.1) is 23.1 Å². The maximum absolute atomic E-state index is 12.5. The first kappa shape index (κ1) is 18.8. The van der Waals surface area contributed by atoms with Crippen LogP contribution in [0.4, 0.5) is 5.82 Å². The van der Waals surface area contributed by atoms with Crippen LogP contribution in [-0.4, -0.2) is 25.9 Å². The molecule has 0 aliphatic rings. The highest BCUT2D eigenvalue weighted by molar-refractivity contribution is 5.90. The van der Waals surface area contributed by atoms with Crippen molar-refractivity contribution in [2.24, 2.45) is 0 Å². The molecule has 146 valence electrons. The van der Waals surface area contributed by atoms with Crippen molar-refractivity contribution in [1.29, 1.82) is 0 Å². The van der Waals surface area contributed by atoms with E-state index in [4.69, 9.17) is 0 Å². The second-order valence-electron chi connectivity index (χ2n) is 7.20. The minimum Gasteiger partial charge on any atom is -0.362 e. The lowest BCUT2D eigenvalue weighted by Crippen LogP contribution is -2.08. The van der Waals surface area contributed by atoms with E-state index in [0.717, 1.165) is 28.1 Å². The van der Waals surface area contributed by atoms with Crippen molar-refractivity contribution in [3.8, 4) is 0 Å². The van der Waals surface area contributed by atoms with Gasteiger partial charge in [-0.25, -0.2) is 0 Å². The molecule has 0 unspecified atom stereocenters. The highest BCUT2D eigenvalue weighted by atomic mass is 16.1. The molecule has 0 radical (unpaired) electrons. The molecule has 6 heteroatoms. The first-order valence-electron chi connectivity index (χ1n) is 9.72. The minimum atomic E-state index is 0.182. The van der Waals surface area contributed by atoms with Crippen molar-refractivity contribution >= 4 is 22.5 Å². The van der Waals surface area contributed by atoms with Gasteiger partial charge in [0.15, 0.2) is 5.82 Å². The van der Waals surface area contributed by atoms with Crippen LogP contribution in [0.3, 0.4) is 0 Å². The summed E-state index contributed by atoms with van der Waals surface area (Å²) >= 11 is 0. The molecule has 0 fully saturated rings. The van der Waals surface area contributed by atoms with Crippen LogP contribution in [0.25, 0.3) is 10.9 Å². The second-order valence-corrected chi connectivity index (χ2v) is 7.20. The monoisotopic (exact) mass is 385 g/mol. The Morgan fingerprint density at radius 1 is 1.07 bits per heavy atom. The van der Waals surface area contributed by atoms with E-state index in [2.05, 4.69) is 44.5 Å². The van der Waals surface area contributed by atoms with E-state index in [0.29, 0.717) is 19.4 Å². The van der Waals surface area contributed by atoms with Gasteiger partial charge in [-0.15, -0.1) is 0 Å². The maximum atomic E-state index is 12.5. The van der Waals surface area contributed by atoms with E-state index < -0.39 is 0 Å². The minimum absolute atomic E-state index is 0.182. The number of hydrogen-bond acceptors (Lipinski definition) is 5. The highest BCUT2D eigenvalue weighted by Gasteiger charge is 2.14. The standard InChI is InChI=1S/C23H23N5O/c1-16(17-7-3-2-4-8-17)11-20(29)12-19-13-22-21(15-25-19)23(28-27-22)26-14-18-9-5-6-10-24-18/h2-10,13,15-16H,11-12,14H2,1H3,(H2,26,27,28)/t16-/m0/s1. The Kier molecular flexibility index (Phi) is 5.61. The Morgan fingerprint density at radius 2 is 1.90 bits per heavy atom. The normalized spacial score (nSPS) is 12.0. The van der Waals surface area contributed by atoms with Crippen molar-refractivity contribution in [2.45, 2.75) is 32.2 Å². The van der Waals surface area contributed by atoms with Crippen molar-refractivity contribution in [2.75, 3.05) is 5.32 Å². The van der Waals surface area contributed by atoms with E-state index in [9.17, 15) is 4.79 Å². The van der Waals surface area contributed by atoms with Crippen LogP contribution in [-0.2, 0) is 17.8 Å². The number of Topliss-reactive ketones (excluding diaryl/α,β-unsaturated/α-hetero) is 1. The molecular formula is C23H23N5O. The van der Waals surface area contributed by atoms with Gasteiger partial charge in [-0.1, -0.05) is 43.3 Å². The second kappa shape index (κ2) is 8.65. The summed E-state index contributed by atoms with van der Waals surface area (Å²) in [5.74, 6) is 1.11. The number of nitrogens with one attached hydrogen (secondary N) is 2. The molecule has 0 spiro atoms. The van der Waals surface area contributed by atoms with Crippen molar-refractivity contribution in [3.63, 3.8) is 0 Å². The Balaban J connectivity index is 1.39. The van der Waals surface area contributed by atoms with E-state index >= 15 is 0 Å². The average Bonchev–Trinajstić information content (AvgIpc) is 3.15. The van der Waals surface area contributed by atoms with Crippen LogP contribution in [0.5, 0.6) is 0 Å². The number of carbonyl (C=O) groups is 1. The molecule has 3 heterocycles. The molecule has 1 aromatic carbocycles. The number of nitrogens with zero attached hydrogens (tertiary/aromatic N) is 3. The third kappa shape index (κ3) is 4.66.